The predicted molar refractivity (Wildman–Crippen MR) is 124 cm³/mol. The fourth-order valence-corrected chi connectivity index (χ4v) is 3.05. The van der Waals surface area contributed by atoms with Crippen LogP contribution in [-0.4, -0.2) is 75.7 Å². The van der Waals surface area contributed by atoms with E-state index in [4.69, 9.17) is 11.5 Å². The smallest absolute Gasteiger partial charge is 0.326 e. The molecule has 4 amide bonds. The van der Waals surface area contributed by atoms with Gasteiger partial charge in [-0.05, 0) is 36.5 Å². The summed E-state index contributed by atoms with van der Waals surface area (Å²) in [5.41, 5.74) is 11.7. The highest BCUT2D eigenvalue weighted by molar-refractivity contribution is 5.94. The Morgan fingerprint density at radius 1 is 0.914 bits per heavy atom. The number of aromatic hydroxyl groups is 1. The number of carboxylic acid groups (broad SMARTS) is 1. The lowest BCUT2D eigenvalue weighted by Gasteiger charge is -2.25. The number of hydrogen-bond acceptors (Lipinski definition) is 8. The van der Waals surface area contributed by atoms with Crippen molar-refractivity contribution in [2.75, 3.05) is 6.61 Å². The molecule has 0 spiro atoms. The van der Waals surface area contributed by atoms with E-state index in [1.54, 1.807) is 26.0 Å². The molecule has 0 aliphatic heterocycles. The topological polar surface area (TPSA) is 234 Å². The van der Waals surface area contributed by atoms with Crippen LogP contribution in [0.25, 0.3) is 0 Å². The summed E-state index contributed by atoms with van der Waals surface area (Å²) in [6.07, 6.45) is -0.387. The highest BCUT2D eigenvalue weighted by atomic mass is 16.4. The van der Waals surface area contributed by atoms with Gasteiger partial charge in [0.05, 0.1) is 12.6 Å². The molecule has 0 radical (unpaired) electrons. The van der Waals surface area contributed by atoms with Gasteiger partial charge in [0.25, 0.3) is 0 Å². The quantitative estimate of drug-likeness (QED) is 0.138. The van der Waals surface area contributed by atoms with Crippen LogP contribution >= 0.6 is 0 Å². The van der Waals surface area contributed by atoms with Gasteiger partial charge in [-0.1, -0.05) is 26.0 Å². The van der Waals surface area contributed by atoms with E-state index < -0.39 is 66.3 Å². The second kappa shape index (κ2) is 13.9. The fraction of sp³-hybridized carbons (Fsp3) is 0.500. The highest BCUT2D eigenvalue weighted by Gasteiger charge is 2.31. The minimum absolute atomic E-state index is 0.0421. The Morgan fingerprint density at radius 2 is 1.46 bits per heavy atom. The number of aliphatic carboxylic acids is 1. The first-order chi connectivity index (χ1) is 16.3. The third-order valence-electron chi connectivity index (χ3n) is 5.09. The number of nitrogens with two attached hydrogens (primary N) is 2. The molecule has 1 aromatic carbocycles. The third kappa shape index (κ3) is 9.98. The molecule has 0 saturated heterocycles. The Labute approximate surface area is 202 Å². The molecule has 0 bridgehead atoms. The van der Waals surface area contributed by atoms with Crippen molar-refractivity contribution >= 4 is 29.6 Å². The Hall–Kier alpha value is -3.71. The summed E-state index contributed by atoms with van der Waals surface area (Å²) in [5.74, 6) is -5.01. The van der Waals surface area contributed by atoms with Crippen LogP contribution in [0.15, 0.2) is 24.3 Å². The Balaban J connectivity index is 2.89. The number of aliphatic hydroxyl groups excluding tert-OH is 1. The second-order valence-corrected chi connectivity index (χ2v) is 8.36. The van der Waals surface area contributed by atoms with E-state index in [-0.39, 0.29) is 25.0 Å². The zero-order valence-corrected chi connectivity index (χ0v) is 19.6. The number of carbonyl (C=O) groups excluding carboxylic acids is 4. The van der Waals surface area contributed by atoms with E-state index in [2.05, 4.69) is 16.0 Å². The number of nitrogens with one attached hydrogen (secondary N) is 3. The maximum absolute atomic E-state index is 12.8. The molecule has 0 saturated carbocycles. The minimum Gasteiger partial charge on any atom is -0.508 e. The van der Waals surface area contributed by atoms with Crippen LogP contribution in [0.4, 0.5) is 0 Å². The van der Waals surface area contributed by atoms with Gasteiger partial charge in [-0.2, -0.15) is 0 Å². The number of hydrogen-bond donors (Lipinski definition) is 8. The van der Waals surface area contributed by atoms with E-state index in [1.165, 1.54) is 12.1 Å². The van der Waals surface area contributed by atoms with Crippen molar-refractivity contribution in [3.63, 3.8) is 0 Å². The number of primary amides is 1. The third-order valence-corrected chi connectivity index (χ3v) is 5.09. The van der Waals surface area contributed by atoms with Gasteiger partial charge in [0, 0.05) is 6.42 Å². The lowest BCUT2D eigenvalue weighted by Crippen LogP contribution is -2.58. The molecule has 4 unspecified atom stereocenters. The molecule has 0 fully saturated rings. The van der Waals surface area contributed by atoms with E-state index in [0.717, 1.165) is 0 Å². The summed E-state index contributed by atoms with van der Waals surface area (Å²) in [5, 5.41) is 35.0. The zero-order chi connectivity index (χ0) is 26.7. The number of carbonyl (C=O) groups is 5. The number of aliphatic hydroxyl groups is 1. The summed E-state index contributed by atoms with van der Waals surface area (Å²) < 4.78 is 0. The molecule has 35 heavy (non-hydrogen) atoms. The number of rotatable bonds is 14. The molecule has 0 heterocycles. The number of phenolic OH excluding ortho intramolecular Hbond substituents is 1. The molecule has 13 nitrogen and oxygen atoms in total. The second-order valence-electron chi connectivity index (χ2n) is 8.36. The van der Waals surface area contributed by atoms with Crippen LogP contribution in [0.2, 0.25) is 0 Å². The van der Waals surface area contributed by atoms with Crippen molar-refractivity contribution in [1.29, 1.82) is 0 Å². The van der Waals surface area contributed by atoms with Crippen molar-refractivity contribution in [3.8, 4) is 5.75 Å². The first kappa shape index (κ1) is 29.3. The fourth-order valence-electron chi connectivity index (χ4n) is 3.05. The van der Waals surface area contributed by atoms with Gasteiger partial charge in [-0.25, -0.2) is 4.79 Å². The summed E-state index contributed by atoms with van der Waals surface area (Å²) in [6, 6.07) is 0.843. The van der Waals surface area contributed by atoms with Gasteiger partial charge >= 0.3 is 5.97 Å². The molecular weight excluding hydrogens is 462 g/mol. The normalized spacial score (nSPS) is 14.3. The highest BCUT2D eigenvalue weighted by Crippen LogP contribution is 2.11. The van der Waals surface area contributed by atoms with Gasteiger partial charge in [-0.15, -0.1) is 0 Å². The van der Waals surface area contributed by atoms with Crippen LogP contribution < -0.4 is 27.4 Å². The largest absolute Gasteiger partial charge is 0.508 e. The number of carboxylic acids is 1. The van der Waals surface area contributed by atoms with Crippen molar-refractivity contribution < 1.29 is 39.3 Å². The maximum Gasteiger partial charge on any atom is 0.326 e. The molecule has 1 rings (SSSR count). The minimum atomic E-state index is -1.51. The predicted octanol–water partition coefficient (Wildman–Crippen LogP) is -2.29. The SMILES string of the molecule is CC(C)C(NC(=O)C(CO)NC(=O)C(CCC(N)=O)NC(=O)C(N)Cc1ccc(O)cc1)C(=O)O. The number of benzene rings is 1. The standard InChI is InChI=1S/C22H33N5O8/c1-11(2)18(22(34)35)27-21(33)16(10-28)26-20(32)15(7-8-17(24)30)25-19(31)14(23)9-12-3-5-13(29)6-4-12/h3-6,11,14-16,18,28-29H,7-10,23H2,1-2H3,(H2,24,30)(H,25,31)(H,26,32)(H,27,33)(H,34,35). The lowest BCUT2D eigenvalue weighted by atomic mass is 10.0. The summed E-state index contributed by atoms with van der Waals surface area (Å²) in [4.78, 5) is 60.3. The first-order valence-electron chi connectivity index (χ1n) is 10.9. The molecule has 10 N–H and O–H groups in total. The molecule has 0 aliphatic carbocycles. The van der Waals surface area contributed by atoms with Crippen molar-refractivity contribution in [2.24, 2.45) is 17.4 Å². The zero-order valence-electron chi connectivity index (χ0n) is 19.6. The maximum atomic E-state index is 12.8. The van der Waals surface area contributed by atoms with E-state index >= 15 is 0 Å². The summed E-state index contributed by atoms with van der Waals surface area (Å²) in [7, 11) is 0. The summed E-state index contributed by atoms with van der Waals surface area (Å²) in [6.45, 7) is 2.30. The Morgan fingerprint density at radius 3 is 1.94 bits per heavy atom. The van der Waals surface area contributed by atoms with E-state index in [0.29, 0.717) is 5.56 Å². The van der Waals surface area contributed by atoms with Gasteiger partial charge in [0.2, 0.25) is 23.6 Å². The van der Waals surface area contributed by atoms with Crippen LogP contribution in [-0.2, 0) is 30.4 Å². The average molecular weight is 496 g/mol. The van der Waals surface area contributed by atoms with Gasteiger partial charge < -0.3 is 42.7 Å². The molecule has 194 valence electrons. The lowest BCUT2D eigenvalue weighted by molar-refractivity contribution is -0.143. The molecule has 13 heteroatoms. The van der Waals surface area contributed by atoms with Crippen molar-refractivity contribution in [2.45, 2.75) is 57.3 Å². The molecular formula is C22H33N5O8. The van der Waals surface area contributed by atoms with Crippen LogP contribution in [0, 0.1) is 5.92 Å². The van der Waals surface area contributed by atoms with Gasteiger partial charge in [-0.3, -0.25) is 19.2 Å². The number of phenols is 1. The molecule has 4 atom stereocenters. The van der Waals surface area contributed by atoms with Crippen LogP contribution in [0.3, 0.4) is 0 Å². The van der Waals surface area contributed by atoms with Crippen LogP contribution in [0.5, 0.6) is 5.75 Å². The summed E-state index contributed by atoms with van der Waals surface area (Å²) >= 11 is 0. The molecule has 1 aromatic rings. The molecule has 0 aliphatic rings. The average Bonchev–Trinajstić information content (AvgIpc) is 2.78. The van der Waals surface area contributed by atoms with Gasteiger partial charge in [0.1, 0.15) is 23.9 Å². The number of amides is 4. The first-order valence-corrected chi connectivity index (χ1v) is 10.9. The Kier molecular flexibility index (Phi) is 11.6. The monoisotopic (exact) mass is 495 g/mol. The Bertz CT molecular complexity index is 906. The van der Waals surface area contributed by atoms with E-state index in [1.807, 2.05) is 0 Å². The van der Waals surface area contributed by atoms with Crippen LogP contribution in [0.1, 0.15) is 32.3 Å². The van der Waals surface area contributed by atoms with Crippen molar-refractivity contribution in [1.82, 2.24) is 16.0 Å². The van der Waals surface area contributed by atoms with E-state index in [9.17, 15) is 39.3 Å². The van der Waals surface area contributed by atoms with Crippen molar-refractivity contribution in [3.05, 3.63) is 29.8 Å². The molecule has 0 aromatic heterocycles. The van der Waals surface area contributed by atoms with Gasteiger partial charge in [0.15, 0.2) is 0 Å².